The molecule has 0 unspecified atom stereocenters. The Labute approximate surface area is 210 Å². The molecular weight excluding hydrogens is 444 g/mol. The van der Waals surface area contributed by atoms with Crippen molar-refractivity contribution in [3.63, 3.8) is 0 Å². The van der Waals surface area contributed by atoms with E-state index in [-0.39, 0.29) is 6.61 Å². The lowest BCUT2D eigenvalue weighted by molar-refractivity contribution is 0.0730. The predicted molar refractivity (Wildman–Crippen MR) is 139 cm³/mol. The molecular formula is C28H42N2O5. The minimum Gasteiger partial charge on any atom is -0.493 e. The highest BCUT2D eigenvalue weighted by Crippen LogP contribution is 2.29. The van der Waals surface area contributed by atoms with Gasteiger partial charge in [-0.15, -0.1) is 0 Å². The van der Waals surface area contributed by atoms with E-state index in [0.717, 1.165) is 42.6 Å². The second-order valence-corrected chi connectivity index (χ2v) is 9.40. The third kappa shape index (κ3) is 8.91. The van der Waals surface area contributed by atoms with Crippen LogP contribution < -0.4 is 18.9 Å². The zero-order valence-electron chi connectivity index (χ0n) is 21.7. The van der Waals surface area contributed by atoms with Crippen LogP contribution in [-0.2, 0) is 6.54 Å². The van der Waals surface area contributed by atoms with Gasteiger partial charge in [-0.2, -0.15) is 0 Å². The summed E-state index contributed by atoms with van der Waals surface area (Å²) in [7, 11) is 3.65. The van der Waals surface area contributed by atoms with Gasteiger partial charge in [0, 0.05) is 19.6 Å². The quantitative estimate of drug-likeness (QED) is 0.432. The van der Waals surface area contributed by atoms with Crippen LogP contribution in [0.1, 0.15) is 32.3 Å². The molecule has 194 valence electrons. The van der Waals surface area contributed by atoms with Gasteiger partial charge < -0.3 is 24.1 Å². The molecule has 0 aliphatic carbocycles. The van der Waals surface area contributed by atoms with Crippen LogP contribution in [0.4, 0.5) is 0 Å². The van der Waals surface area contributed by atoms with E-state index in [1.54, 1.807) is 7.11 Å². The number of hydrogen-bond donors (Lipinski definition) is 1. The van der Waals surface area contributed by atoms with E-state index in [0.29, 0.717) is 37.8 Å². The molecule has 0 saturated carbocycles. The first-order valence-corrected chi connectivity index (χ1v) is 12.7. The fraction of sp³-hybridized carbons (Fsp3) is 0.571. The lowest BCUT2D eigenvalue weighted by Crippen LogP contribution is -2.35. The van der Waals surface area contributed by atoms with Gasteiger partial charge in [0.15, 0.2) is 23.0 Å². The van der Waals surface area contributed by atoms with Gasteiger partial charge in [-0.05, 0) is 75.6 Å². The monoisotopic (exact) mass is 486 g/mol. The Morgan fingerprint density at radius 3 is 2.37 bits per heavy atom. The lowest BCUT2D eigenvalue weighted by Gasteiger charge is -2.30. The first-order chi connectivity index (χ1) is 17.0. The second kappa shape index (κ2) is 14.2. The topological polar surface area (TPSA) is 63.6 Å². The average Bonchev–Trinajstić information content (AvgIpc) is 2.85. The number of likely N-dealkylation sites (tertiary alicyclic amines) is 1. The van der Waals surface area contributed by atoms with Gasteiger partial charge >= 0.3 is 0 Å². The second-order valence-electron chi connectivity index (χ2n) is 9.40. The Morgan fingerprint density at radius 1 is 1.00 bits per heavy atom. The molecule has 3 rings (SSSR count). The Bertz CT molecular complexity index is 885. The molecule has 0 bridgehead atoms. The molecule has 2 aromatic carbocycles. The first-order valence-electron chi connectivity index (χ1n) is 12.7. The first kappa shape index (κ1) is 27.1. The number of likely N-dealkylation sites (N-methyl/N-ethyl adjacent to an activating group) is 1. The molecule has 1 aliphatic rings. The van der Waals surface area contributed by atoms with Gasteiger partial charge in [-0.1, -0.05) is 25.1 Å². The van der Waals surface area contributed by atoms with Crippen molar-refractivity contribution in [2.75, 3.05) is 60.2 Å². The summed E-state index contributed by atoms with van der Waals surface area (Å²) < 4.78 is 23.0. The molecule has 1 atom stereocenters. The molecule has 0 aromatic heterocycles. The Morgan fingerprint density at radius 2 is 1.69 bits per heavy atom. The minimum atomic E-state index is -0.628. The SMILES string of the molecule is CCOc1ccccc1OC[C@H](O)CN(C)Cc1ccc(OCCN2CCC(C)CC2)c(OC)c1. The molecule has 35 heavy (non-hydrogen) atoms. The van der Waals surface area contributed by atoms with Crippen LogP contribution in [0.15, 0.2) is 42.5 Å². The third-order valence-electron chi connectivity index (χ3n) is 6.32. The standard InChI is InChI=1S/C28H42N2O5/c1-5-33-25-8-6-7-9-26(25)35-21-24(31)20-29(3)19-23-10-11-27(28(18-23)32-4)34-17-16-30-14-12-22(2)13-15-30/h6-11,18,22,24,31H,5,12-17,19-21H2,1-4H3/t24-/m1/s1. The number of piperidine rings is 1. The highest BCUT2D eigenvalue weighted by molar-refractivity contribution is 5.43. The van der Waals surface area contributed by atoms with Crippen molar-refractivity contribution in [2.45, 2.75) is 39.3 Å². The summed E-state index contributed by atoms with van der Waals surface area (Å²) >= 11 is 0. The largest absolute Gasteiger partial charge is 0.493 e. The van der Waals surface area contributed by atoms with Crippen LogP contribution in [0, 0.1) is 5.92 Å². The Kier molecular flexibility index (Phi) is 11.0. The van der Waals surface area contributed by atoms with E-state index >= 15 is 0 Å². The van der Waals surface area contributed by atoms with Crippen LogP contribution in [0.3, 0.4) is 0 Å². The molecule has 7 nitrogen and oxygen atoms in total. The van der Waals surface area contributed by atoms with E-state index < -0.39 is 6.10 Å². The summed E-state index contributed by atoms with van der Waals surface area (Å²) in [5.74, 6) is 3.68. The van der Waals surface area contributed by atoms with Gasteiger partial charge in [0.1, 0.15) is 19.3 Å². The van der Waals surface area contributed by atoms with Crippen LogP contribution in [0.25, 0.3) is 0 Å². The molecule has 1 saturated heterocycles. The van der Waals surface area contributed by atoms with E-state index in [1.165, 1.54) is 12.8 Å². The molecule has 7 heteroatoms. The number of hydrogen-bond acceptors (Lipinski definition) is 7. The molecule has 1 aliphatic heterocycles. The van der Waals surface area contributed by atoms with E-state index in [4.69, 9.17) is 18.9 Å². The van der Waals surface area contributed by atoms with Crippen LogP contribution in [0.5, 0.6) is 23.0 Å². The van der Waals surface area contributed by atoms with Crippen molar-refractivity contribution in [1.29, 1.82) is 0 Å². The van der Waals surface area contributed by atoms with E-state index in [1.807, 2.05) is 50.4 Å². The maximum absolute atomic E-state index is 10.5. The molecule has 1 fully saturated rings. The summed E-state index contributed by atoms with van der Waals surface area (Å²) in [5, 5.41) is 10.5. The Balaban J connectivity index is 1.44. The van der Waals surface area contributed by atoms with Crippen molar-refractivity contribution in [1.82, 2.24) is 9.80 Å². The number of methoxy groups -OCH3 is 1. The normalized spacial score (nSPS) is 15.7. The zero-order valence-corrected chi connectivity index (χ0v) is 21.7. The average molecular weight is 487 g/mol. The maximum atomic E-state index is 10.5. The molecule has 0 radical (unpaired) electrons. The molecule has 0 spiro atoms. The molecule has 1 N–H and O–H groups in total. The van der Waals surface area contributed by atoms with E-state index in [2.05, 4.69) is 22.8 Å². The fourth-order valence-electron chi connectivity index (χ4n) is 4.32. The predicted octanol–water partition coefficient (Wildman–Crippen LogP) is 4.08. The zero-order chi connectivity index (χ0) is 25.0. The van der Waals surface area contributed by atoms with Crippen LogP contribution in [-0.4, -0.2) is 81.2 Å². The summed E-state index contributed by atoms with van der Waals surface area (Å²) in [6.07, 6.45) is 1.91. The van der Waals surface area contributed by atoms with Gasteiger partial charge in [0.2, 0.25) is 0 Å². The summed E-state index contributed by atoms with van der Waals surface area (Å²) in [6.45, 7) is 10.1. The van der Waals surface area contributed by atoms with E-state index in [9.17, 15) is 5.11 Å². The Hall–Kier alpha value is -2.48. The highest BCUT2D eigenvalue weighted by Gasteiger charge is 2.16. The fourth-order valence-corrected chi connectivity index (χ4v) is 4.32. The maximum Gasteiger partial charge on any atom is 0.161 e. The number of aliphatic hydroxyl groups is 1. The molecule has 2 aromatic rings. The van der Waals surface area contributed by atoms with Crippen molar-refractivity contribution < 1.29 is 24.1 Å². The number of benzene rings is 2. The van der Waals surface area contributed by atoms with Gasteiger partial charge in [-0.25, -0.2) is 0 Å². The molecule has 0 amide bonds. The van der Waals surface area contributed by atoms with Crippen LogP contribution >= 0.6 is 0 Å². The summed E-state index contributed by atoms with van der Waals surface area (Å²) in [6, 6.07) is 13.6. The number of rotatable bonds is 14. The molecule has 1 heterocycles. The number of ether oxygens (including phenoxy) is 4. The van der Waals surface area contributed by atoms with Crippen molar-refractivity contribution in [3.8, 4) is 23.0 Å². The number of nitrogens with zero attached hydrogens (tertiary/aromatic N) is 2. The number of aliphatic hydroxyl groups excluding tert-OH is 1. The van der Waals surface area contributed by atoms with Crippen LogP contribution in [0.2, 0.25) is 0 Å². The number of para-hydroxylation sites is 2. The summed E-state index contributed by atoms with van der Waals surface area (Å²) in [5.41, 5.74) is 1.09. The highest BCUT2D eigenvalue weighted by atomic mass is 16.5. The van der Waals surface area contributed by atoms with Gasteiger partial charge in [0.25, 0.3) is 0 Å². The summed E-state index contributed by atoms with van der Waals surface area (Å²) in [4.78, 5) is 4.54. The smallest absolute Gasteiger partial charge is 0.161 e. The van der Waals surface area contributed by atoms with Gasteiger partial charge in [-0.3, -0.25) is 9.80 Å². The van der Waals surface area contributed by atoms with Crippen molar-refractivity contribution in [2.24, 2.45) is 5.92 Å². The third-order valence-corrected chi connectivity index (χ3v) is 6.32. The lowest BCUT2D eigenvalue weighted by atomic mass is 9.99. The van der Waals surface area contributed by atoms with Crippen molar-refractivity contribution in [3.05, 3.63) is 48.0 Å². The minimum absolute atomic E-state index is 0.195. The van der Waals surface area contributed by atoms with Crippen molar-refractivity contribution >= 4 is 0 Å². The van der Waals surface area contributed by atoms with Gasteiger partial charge in [0.05, 0.1) is 13.7 Å².